The number of nitrogens with zero attached hydrogens (tertiary/aromatic N) is 1. The van der Waals surface area contributed by atoms with E-state index in [4.69, 9.17) is 16.3 Å². The van der Waals surface area contributed by atoms with E-state index in [1.807, 2.05) is 36.4 Å². The number of hydrogen-bond donors (Lipinski definition) is 1. The molecule has 166 valence electrons. The molecule has 2 aromatic carbocycles. The van der Waals surface area contributed by atoms with E-state index in [1.54, 1.807) is 0 Å². The van der Waals surface area contributed by atoms with Gasteiger partial charge in [0.1, 0.15) is 11.4 Å². The molecule has 0 bridgehead atoms. The van der Waals surface area contributed by atoms with Crippen LogP contribution in [0.4, 0.5) is 0 Å². The van der Waals surface area contributed by atoms with Gasteiger partial charge in [-0.3, -0.25) is 9.69 Å². The lowest BCUT2D eigenvalue weighted by atomic mass is 9.83. The van der Waals surface area contributed by atoms with E-state index >= 15 is 0 Å². The standard InChI is InChI=1S/C26H33ClN2O2/c1-3-26(4-2)17-23(22-10-5-6-11-24(22)31-26)28-25(30)20-12-14-29(15-13-20)18-19-8-7-9-21(27)16-19/h5-11,16,20,23H,3-4,12-15,17-18H2,1-2H3,(H,28,30)/t23-/m0/s1. The predicted molar refractivity (Wildman–Crippen MR) is 125 cm³/mol. The zero-order valence-electron chi connectivity index (χ0n) is 18.6. The Morgan fingerprint density at radius 1 is 1.13 bits per heavy atom. The quantitative estimate of drug-likeness (QED) is 0.621. The van der Waals surface area contributed by atoms with Gasteiger partial charge in [-0.15, -0.1) is 0 Å². The molecule has 0 saturated carbocycles. The highest BCUT2D eigenvalue weighted by atomic mass is 35.5. The number of fused-ring (bicyclic) bond motifs is 1. The van der Waals surface area contributed by atoms with Crippen LogP contribution < -0.4 is 10.1 Å². The fourth-order valence-corrected chi connectivity index (χ4v) is 5.18. The number of benzene rings is 2. The molecule has 0 radical (unpaired) electrons. The lowest BCUT2D eigenvalue weighted by Gasteiger charge is -2.42. The maximum Gasteiger partial charge on any atom is 0.223 e. The molecule has 31 heavy (non-hydrogen) atoms. The van der Waals surface area contributed by atoms with Gasteiger partial charge in [0.2, 0.25) is 5.91 Å². The number of likely N-dealkylation sites (tertiary alicyclic amines) is 1. The fourth-order valence-electron chi connectivity index (χ4n) is 4.97. The largest absolute Gasteiger partial charge is 0.487 e. The van der Waals surface area contributed by atoms with Crippen LogP contribution in [0.5, 0.6) is 5.75 Å². The average molecular weight is 441 g/mol. The van der Waals surface area contributed by atoms with Gasteiger partial charge in [0.05, 0.1) is 6.04 Å². The second-order valence-corrected chi connectivity index (χ2v) is 9.41. The first-order valence-corrected chi connectivity index (χ1v) is 11.9. The molecule has 1 N–H and O–H groups in total. The van der Waals surface area contributed by atoms with Crippen molar-refractivity contribution in [1.82, 2.24) is 10.2 Å². The molecule has 0 unspecified atom stereocenters. The number of hydrogen-bond acceptors (Lipinski definition) is 3. The molecule has 0 spiro atoms. The van der Waals surface area contributed by atoms with Crippen LogP contribution in [0.1, 0.15) is 63.1 Å². The Morgan fingerprint density at radius 2 is 1.87 bits per heavy atom. The lowest BCUT2D eigenvalue weighted by Crippen LogP contribution is -2.47. The van der Waals surface area contributed by atoms with Crippen molar-refractivity contribution in [2.45, 2.75) is 64.1 Å². The number of para-hydroxylation sites is 1. The summed E-state index contributed by atoms with van der Waals surface area (Å²) < 4.78 is 6.39. The van der Waals surface area contributed by atoms with Crippen LogP contribution in [-0.2, 0) is 11.3 Å². The second kappa shape index (κ2) is 9.62. The summed E-state index contributed by atoms with van der Waals surface area (Å²) in [5.74, 6) is 1.17. The molecule has 0 aromatic heterocycles. The van der Waals surface area contributed by atoms with Gasteiger partial charge in [-0.2, -0.15) is 0 Å². The van der Waals surface area contributed by atoms with E-state index in [1.165, 1.54) is 5.56 Å². The maximum atomic E-state index is 13.2. The summed E-state index contributed by atoms with van der Waals surface area (Å²) in [5.41, 5.74) is 2.13. The minimum Gasteiger partial charge on any atom is -0.487 e. The van der Waals surface area contributed by atoms with Crippen LogP contribution in [0.25, 0.3) is 0 Å². The van der Waals surface area contributed by atoms with Gasteiger partial charge in [0.15, 0.2) is 0 Å². The Balaban J connectivity index is 1.37. The third kappa shape index (κ3) is 5.07. The zero-order valence-corrected chi connectivity index (χ0v) is 19.3. The normalized spacial score (nSPS) is 21.2. The van der Waals surface area contributed by atoms with Crippen LogP contribution in [0.15, 0.2) is 48.5 Å². The van der Waals surface area contributed by atoms with Gasteiger partial charge in [0.25, 0.3) is 0 Å². The minimum absolute atomic E-state index is 0.0156. The minimum atomic E-state index is -0.202. The van der Waals surface area contributed by atoms with Gasteiger partial charge < -0.3 is 10.1 Å². The van der Waals surface area contributed by atoms with Crippen LogP contribution >= 0.6 is 11.6 Å². The molecule has 1 amide bonds. The van der Waals surface area contributed by atoms with E-state index in [0.717, 1.165) is 68.1 Å². The maximum absolute atomic E-state index is 13.2. The summed E-state index contributed by atoms with van der Waals surface area (Å²) in [5, 5.41) is 4.16. The van der Waals surface area contributed by atoms with E-state index in [9.17, 15) is 4.79 Å². The number of rotatable bonds is 6. The molecule has 4 rings (SSSR count). The number of piperidine rings is 1. The summed E-state index contributed by atoms with van der Waals surface area (Å²) in [6.45, 7) is 7.10. The summed E-state index contributed by atoms with van der Waals surface area (Å²) in [6, 6.07) is 16.2. The zero-order chi connectivity index (χ0) is 21.8. The SMILES string of the molecule is CCC1(CC)C[C@H](NC(=O)C2CCN(Cc3cccc(Cl)c3)CC2)c2ccccc2O1. The Hall–Kier alpha value is -2.04. The monoisotopic (exact) mass is 440 g/mol. The molecule has 5 heteroatoms. The van der Waals surface area contributed by atoms with Crippen molar-refractivity contribution in [2.75, 3.05) is 13.1 Å². The third-order valence-electron chi connectivity index (χ3n) is 7.06. The molecular weight excluding hydrogens is 408 g/mol. The van der Waals surface area contributed by atoms with Crippen molar-refractivity contribution in [1.29, 1.82) is 0 Å². The van der Waals surface area contributed by atoms with Crippen LogP contribution in [0.2, 0.25) is 5.02 Å². The van der Waals surface area contributed by atoms with E-state index < -0.39 is 0 Å². The third-order valence-corrected chi connectivity index (χ3v) is 7.29. The highest BCUT2D eigenvalue weighted by Crippen LogP contribution is 2.42. The Kier molecular flexibility index (Phi) is 6.88. The lowest BCUT2D eigenvalue weighted by molar-refractivity contribution is -0.128. The topological polar surface area (TPSA) is 41.6 Å². The number of nitrogens with one attached hydrogen (secondary N) is 1. The van der Waals surface area contributed by atoms with Crippen LogP contribution in [-0.4, -0.2) is 29.5 Å². The van der Waals surface area contributed by atoms with Gasteiger partial charge in [-0.25, -0.2) is 0 Å². The summed E-state index contributed by atoms with van der Waals surface area (Å²) in [6.07, 6.45) is 4.49. The highest BCUT2D eigenvalue weighted by molar-refractivity contribution is 6.30. The van der Waals surface area contributed by atoms with Gasteiger partial charge in [-0.1, -0.05) is 55.8 Å². The first-order chi connectivity index (χ1) is 15.0. The molecule has 4 nitrogen and oxygen atoms in total. The molecule has 1 saturated heterocycles. The first kappa shape index (κ1) is 22.2. The molecular formula is C26H33ClN2O2. The summed E-state index contributed by atoms with van der Waals surface area (Å²) in [7, 11) is 0. The predicted octanol–water partition coefficient (Wildman–Crippen LogP) is 5.75. The number of halogens is 1. The van der Waals surface area contributed by atoms with Gasteiger partial charge in [-0.05, 0) is 62.5 Å². The van der Waals surface area contributed by atoms with Crippen molar-refractivity contribution in [3.8, 4) is 5.75 Å². The summed E-state index contributed by atoms with van der Waals surface area (Å²) in [4.78, 5) is 15.6. The van der Waals surface area contributed by atoms with Crippen molar-refractivity contribution in [3.05, 3.63) is 64.7 Å². The van der Waals surface area contributed by atoms with Crippen molar-refractivity contribution in [3.63, 3.8) is 0 Å². The molecule has 2 aliphatic heterocycles. The van der Waals surface area contributed by atoms with Crippen molar-refractivity contribution in [2.24, 2.45) is 5.92 Å². The summed E-state index contributed by atoms with van der Waals surface area (Å²) >= 11 is 6.12. The van der Waals surface area contributed by atoms with E-state index in [0.29, 0.717) is 0 Å². The Bertz CT molecular complexity index is 904. The molecule has 2 heterocycles. The van der Waals surface area contributed by atoms with Crippen molar-refractivity contribution < 1.29 is 9.53 Å². The molecule has 2 aliphatic rings. The van der Waals surface area contributed by atoms with Crippen LogP contribution in [0, 0.1) is 5.92 Å². The highest BCUT2D eigenvalue weighted by Gasteiger charge is 2.39. The molecule has 1 fully saturated rings. The molecule has 1 atom stereocenters. The number of ether oxygens (including phenoxy) is 1. The number of carbonyl (C=O) groups excluding carboxylic acids is 1. The van der Waals surface area contributed by atoms with Crippen molar-refractivity contribution >= 4 is 17.5 Å². The Morgan fingerprint density at radius 3 is 2.58 bits per heavy atom. The first-order valence-electron chi connectivity index (χ1n) is 11.6. The number of carbonyl (C=O) groups is 1. The smallest absolute Gasteiger partial charge is 0.223 e. The van der Waals surface area contributed by atoms with Crippen LogP contribution in [0.3, 0.4) is 0 Å². The van der Waals surface area contributed by atoms with E-state index in [-0.39, 0.29) is 23.5 Å². The number of amides is 1. The molecule has 0 aliphatic carbocycles. The van der Waals surface area contributed by atoms with Gasteiger partial charge >= 0.3 is 0 Å². The van der Waals surface area contributed by atoms with E-state index in [2.05, 4.69) is 36.2 Å². The second-order valence-electron chi connectivity index (χ2n) is 8.98. The fraction of sp³-hybridized carbons (Fsp3) is 0.500. The molecule has 2 aromatic rings. The van der Waals surface area contributed by atoms with Gasteiger partial charge in [0, 0.05) is 29.5 Å². The average Bonchev–Trinajstić information content (AvgIpc) is 2.79. The Labute approximate surface area is 190 Å².